The molecule has 0 aliphatic carbocycles. The molecule has 106 valence electrons. The van der Waals surface area contributed by atoms with Crippen LogP contribution in [0.25, 0.3) is 0 Å². The molecule has 0 radical (unpaired) electrons. The van der Waals surface area contributed by atoms with Gasteiger partial charge in [0.2, 0.25) is 0 Å². The van der Waals surface area contributed by atoms with Crippen molar-refractivity contribution < 1.29 is 0 Å². The van der Waals surface area contributed by atoms with E-state index in [4.69, 9.17) is 5.73 Å². The highest BCUT2D eigenvalue weighted by Gasteiger charge is 2.45. The Kier molecular flexibility index (Phi) is 4.35. The molecule has 2 aliphatic rings. The summed E-state index contributed by atoms with van der Waals surface area (Å²) in [6, 6.07) is 0. The second-order valence-electron chi connectivity index (χ2n) is 7.45. The topological polar surface area (TPSA) is 29.3 Å². The van der Waals surface area contributed by atoms with Crippen LogP contribution in [0.1, 0.15) is 40.5 Å². The molecule has 0 amide bonds. The second kappa shape index (κ2) is 5.34. The second-order valence-corrected chi connectivity index (χ2v) is 8.44. The van der Waals surface area contributed by atoms with Crippen molar-refractivity contribution >= 4 is 11.8 Å². The van der Waals surface area contributed by atoms with Crippen molar-refractivity contribution in [2.75, 3.05) is 31.1 Å². The fourth-order valence-electron chi connectivity index (χ4n) is 3.67. The average Bonchev–Trinajstić information content (AvgIpc) is 2.31. The Morgan fingerprint density at radius 3 is 2.50 bits per heavy atom. The molecule has 0 aromatic carbocycles. The van der Waals surface area contributed by atoms with Crippen LogP contribution in [0.5, 0.6) is 0 Å². The van der Waals surface area contributed by atoms with Gasteiger partial charge in [-0.1, -0.05) is 27.7 Å². The van der Waals surface area contributed by atoms with Gasteiger partial charge in [-0.15, -0.1) is 0 Å². The van der Waals surface area contributed by atoms with E-state index in [0.717, 1.165) is 18.4 Å². The van der Waals surface area contributed by atoms with Gasteiger partial charge in [0.25, 0.3) is 0 Å². The molecular formula is C15H30N2S. The summed E-state index contributed by atoms with van der Waals surface area (Å²) in [7, 11) is 0. The van der Waals surface area contributed by atoms with Crippen LogP contribution in [0.15, 0.2) is 0 Å². The normalized spacial score (nSPS) is 41.8. The molecule has 2 nitrogen and oxygen atoms in total. The molecule has 18 heavy (non-hydrogen) atoms. The summed E-state index contributed by atoms with van der Waals surface area (Å²) in [6.45, 7) is 12.9. The van der Waals surface area contributed by atoms with Crippen molar-refractivity contribution in [3.05, 3.63) is 0 Å². The van der Waals surface area contributed by atoms with E-state index in [-0.39, 0.29) is 5.54 Å². The van der Waals surface area contributed by atoms with Crippen LogP contribution in [0.4, 0.5) is 0 Å². The third-order valence-electron chi connectivity index (χ3n) is 5.06. The SMILES string of the molecule is CC1CCN(C2(CN)CSCC(C)(C)C2)CC1C. The number of hydrogen-bond donors (Lipinski definition) is 1. The van der Waals surface area contributed by atoms with Crippen LogP contribution in [0.2, 0.25) is 0 Å². The molecule has 0 aromatic heterocycles. The molecule has 3 heteroatoms. The first-order valence-electron chi connectivity index (χ1n) is 7.41. The lowest BCUT2D eigenvalue weighted by molar-refractivity contribution is 0.0174. The minimum absolute atomic E-state index is 0.265. The summed E-state index contributed by atoms with van der Waals surface area (Å²) in [4.78, 5) is 2.73. The van der Waals surface area contributed by atoms with Crippen molar-refractivity contribution in [2.45, 2.75) is 46.1 Å². The van der Waals surface area contributed by atoms with E-state index < -0.39 is 0 Å². The summed E-state index contributed by atoms with van der Waals surface area (Å²) in [5, 5.41) is 0. The standard InChI is InChI=1S/C15H30N2S/c1-12-5-6-17(7-13(12)2)15(9-16)8-14(3,4)10-18-11-15/h12-13H,5-11,16H2,1-4H3. The van der Waals surface area contributed by atoms with Gasteiger partial charge in [-0.05, 0) is 42.4 Å². The van der Waals surface area contributed by atoms with Crippen LogP contribution in [0, 0.1) is 17.3 Å². The predicted octanol–water partition coefficient (Wildman–Crippen LogP) is 2.82. The number of hydrogen-bond acceptors (Lipinski definition) is 3. The highest BCUT2D eigenvalue weighted by atomic mass is 32.2. The summed E-state index contributed by atoms with van der Waals surface area (Å²) in [5.41, 5.74) is 6.92. The van der Waals surface area contributed by atoms with Gasteiger partial charge < -0.3 is 5.73 Å². The molecule has 2 N–H and O–H groups in total. The van der Waals surface area contributed by atoms with Crippen LogP contribution in [0.3, 0.4) is 0 Å². The molecule has 2 rings (SSSR count). The molecule has 0 bridgehead atoms. The Bertz CT molecular complexity index is 292. The third-order valence-corrected chi connectivity index (χ3v) is 6.78. The number of rotatable bonds is 2. The summed E-state index contributed by atoms with van der Waals surface area (Å²) < 4.78 is 0. The number of nitrogens with two attached hydrogens (primary N) is 1. The van der Waals surface area contributed by atoms with Gasteiger partial charge in [-0.3, -0.25) is 4.90 Å². The summed E-state index contributed by atoms with van der Waals surface area (Å²) in [6.07, 6.45) is 2.61. The molecule has 3 atom stereocenters. The zero-order chi connectivity index (χ0) is 13.4. The molecule has 0 spiro atoms. The lowest BCUT2D eigenvalue weighted by Gasteiger charge is -2.53. The molecule has 0 aromatic rings. The molecule has 2 fully saturated rings. The van der Waals surface area contributed by atoms with Gasteiger partial charge in [0, 0.05) is 24.4 Å². The van der Waals surface area contributed by atoms with Crippen molar-refractivity contribution in [3.63, 3.8) is 0 Å². The van der Waals surface area contributed by atoms with Gasteiger partial charge in [0.15, 0.2) is 0 Å². The van der Waals surface area contributed by atoms with Gasteiger partial charge in [-0.25, -0.2) is 0 Å². The summed E-state index contributed by atoms with van der Waals surface area (Å²) in [5.74, 6) is 4.21. The van der Waals surface area contributed by atoms with Gasteiger partial charge in [-0.2, -0.15) is 11.8 Å². The molecule has 2 aliphatic heterocycles. The van der Waals surface area contributed by atoms with Crippen molar-refractivity contribution in [2.24, 2.45) is 23.0 Å². The average molecular weight is 270 g/mol. The molecule has 2 saturated heterocycles. The van der Waals surface area contributed by atoms with E-state index in [1.54, 1.807) is 0 Å². The van der Waals surface area contributed by atoms with E-state index in [2.05, 4.69) is 44.4 Å². The number of nitrogens with zero attached hydrogens (tertiary/aromatic N) is 1. The Balaban J connectivity index is 2.12. The Morgan fingerprint density at radius 2 is 1.94 bits per heavy atom. The van der Waals surface area contributed by atoms with Gasteiger partial charge >= 0.3 is 0 Å². The molecular weight excluding hydrogens is 240 g/mol. The number of thioether (sulfide) groups is 1. The monoisotopic (exact) mass is 270 g/mol. The van der Waals surface area contributed by atoms with E-state index >= 15 is 0 Å². The summed E-state index contributed by atoms with van der Waals surface area (Å²) >= 11 is 2.11. The Labute approximate surface area is 117 Å². The Morgan fingerprint density at radius 1 is 1.22 bits per heavy atom. The van der Waals surface area contributed by atoms with Crippen LogP contribution in [-0.2, 0) is 0 Å². The van der Waals surface area contributed by atoms with Gasteiger partial charge in [0.1, 0.15) is 0 Å². The zero-order valence-corrected chi connectivity index (χ0v) is 13.4. The highest BCUT2D eigenvalue weighted by molar-refractivity contribution is 7.99. The van der Waals surface area contributed by atoms with Gasteiger partial charge in [0.05, 0.1) is 0 Å². The maximum Gasteiger partial charge on any atom is 0.0427 e. The third kappa shape index (κ3) is 2.88. The lowest BCUT2D eigenvalue weighted by Crippen LogP contribution is -2.62. The maximum absolute atomic E-state index is 6.22. The lowest BCUT2D eigenvalue weighted by atomic mass is 9.76. The van der Waals surface area contributed by atoms with Crippen molar-refractivity contribution in [1.29, 1.82) is 0 Å². The predicted molar refractivity (Wildman–Crippen MR) is 82.0 cm³/mol. The minimum Gasteiger partial charge on any atom is -0.329 e. The van der Waals surface area contributed by atoms with Crippen molar-refractivity contribution in [3.8, 4) is 0 Å². The van der Waals surface area contributed by atoms with Crippen LogP contribution in [-0.4, -0.2) is 41.6 Å². The van der Waals surface area contributed by atoms with Crippen molar-refractivity contribution in [1.82, 2.24) is 4.90 Å². The fraction of sp³-hybridized carbons (Fsp3) is 1.00. The first-order chi connectivity index (χ1) is 8.38. The first-order valence-corrected chi connectivity index (χ1v) is 8.57. The molecule has 3 unspecified atom stereocenters. The van der Waals surface area contributed by atoms with E-state index in [9.17, 15) is 0 Å². The largest absolute Gasteiger partial charge is 0.329 e. The number of likely N-dealkylation sites (tertiary alicyclic amines) is 1. The Hall–Kier alpha value is 0.270. The van der Waals surface area contributed by atoms with Crippen LogP contribution < -0.4 is 5.73 Å². The minimum atomic E-state index is 0.265. The molecule has 0 saturated carbocycles. The first kappa shape index (κ1) is 14.7. The highest BCUT2D eigenvalue weighted by Crippen LogP contribution is 2.43. The van der Waals surface area contributed by atoms with Crippen LogP contribution >= 0.6 is 11.8 Å². The van der Waals surface area contributed by atoms with E-state index in [1.165, 1.54) is 37.4 Å². The number of piperidine rings is 1. The molecule has 2 heterocycles. The quantitative estimate of drug-likeness (QED) is 0.836. The maximum atomic E-state index is 6.22. The van der Waals surface area contributed by atoms with E-state index in [1.807, 2.05) is 0 Å². The fourth-order valence-corrected chi connectivity index (χ4v) is 5.21. The van der Waals surface area contributed by atoms with E-state index in [0.29, 0.717) is 5.41 Å². The zero-order valence-electron chi connectivity index (χ0n) is 12.5. The smallest absolute Gasteiger partial charge is 0.0427 e.